The predicted octanol–water partition coefficient (Wildman–Crippen LogP) is -1.23. The summed E-state index contributed by atoms with van der Waals surface area (Å²) in [6.45, 7) is 0. The molecule has 97 valence electrons. The maximum atomic E-state index is 11.4. The van der Waals surface area contributed by atoms with Gasteiger partial charge in [0.2, 0.25) is 0 Å². The van der Waals surface area contributed by atoms with Gasteiger partial charge in [0.15, 0.2) is 0 Å². The average molecular weight is 344 g/mol. The number of alkyl halides is 2. The monoisotopic (exact) mass is 344 g/mol. The van der Waals surface area contributed by atoms with Crippen LogP contribution in [-0.2, 0) is 4.79 Å². The van der Waals surface area contributed by atoms with Gasteiger partial charge in [-0.25, -0.2) is 0 Å². The van der Waals surface area contributed by atoms with Crippen LogP contribution in [0.5, 0.6) is 0 Å². The van der Waals surface area contributed by atoms with Gasteiger partial charge in [0.25, 0.3) is 0 Å². The van der Waals surface area contributed by atoms with Crippen molar-refractivity contribution in [3.8, 4) is 0 Å². The third-order valence-corrected chi connectivity index (χ3v) is 2.84. The maximum absolute atomic E-state index is 11.4. The first-order valence-electron chi connectivity index (χ1n) is 3.90. The van der Waals surface area contributed by atoms with E-state index in [1.807, 2.05) is 40.8 Å². The van der Waals surface area contributed by atoms with Crippen LogP contribution >= 0.6 is 23.2 Å². The number of halogens is 2. The first-order valence-corrected chi connectivity index (χ1v) is 5.82. The zero-order chi connectivity index (χ0) is 10.7. The van der Waals surface area contributed by atoms with Crippen LogP contribution in [0.25, 0.3) is 0 Å². The Bertz CT molecular complexity index is 334. The Balaban J connectivity index is -0.000000653. The zero-order valence-corrected chi connectivity index (χ0v) is 12.6. The molecule has 17 heavy (non-hydrogen) atoms. The van der Waals surface area contributed by atoms with Crippen LogP contribution in [-0.4, -0.2) is 50.7 Å². The summed E-state index contributed by atoms with van der Waals surface area (Å²) in [7, 11) is 1.64. The van der Waals surface area contributed by atoms with E-state index in [2.05, 4.69) is 0 Å². The summed E-state index contributed by atoms with van der Waals surface area (Å²) in [5.41, 5.74) is 0.784. The first-order chi connectivity index (χ1) is 6.52. The van der Waals surface area contributed by atoms with Crippen molar-refractivity contribution in [2.45, 2.75) is 4.84 Å². The van der Waals surface area contributed by atoms with E-state index in [-0.39, 0.29) is 22.3 Å². The summed E-state index contributed by atoms with van der Waals surface area (Å²) in [4.78, 5) is 11.8. The van der Waals surface area contributed by atoms with Gasteiger partial charge in [0.05, 0.1) is 0 Å². The molecule has 0 unspecified atom stereocenters. The normalized spacial score (nSPS) is 8.53. The number of carbonyl (C=O) groups excluding carboxylic acids is 1. The fourth-order valence-electron chi connectivity index (χ4n) is 0.959. The fourth-order valence-corrected chi connectivity index (χ4v) is 1.60. The molecule has 0 saturated carbocycles. The first kappa shape index (κ1) is 21.9. The second-order valence-electron chi connectivity index (χ2n) is 2.74. The number of benzene rings is 1. The van der Waals surface area contributed by atoms with Crippen LogP contribution in [0, 0.1) is 0 Å². The Morgan fingerprint density at radius 2 is 1.59 bits per heavy atom. The van der Waals surface area contributed by atoms with Gasteiger partial charge in [-0.15, -0.1) is 0 Å². The van der Waals surface area contributed by atoms with Crippen molar-refractivity contribution in [2.24, 2.45) is 0 Å². The second kappa shape index (κ2) is 9.70. The van der Waals surface area contributed by atoms with Crippen LogP contribution < -0.4 is 9.30 Å². The molecular formula is C9H14Cl2GeNO4. The Labute approximate surface area is 118 Å². The molecule has 0 aliphatic heterocycles. The molecule has 5 nitrogen and oxygen atoms in total. The van der Waals surface area contributed by atoms with E-state index in [1.54, 1.807) is 7.05 Å². The van der Waals surface area contributed by atoms with Gasteiger partial charge in [-0.05, 0) is 0 Å². The Morgan fingerprint density at radius 1 is 1.18 bits per heavy atom. The number of carbonyl (C=O) groups is 1. The Hall–Kier alpha value is -0.307. The summed E-state index contributed by atoms with van der Waals surface area (Å²) in [5.74, 6) is -0.322. The van der Waals surface area contributed by atoms with Gasteiger partial charge in [-0.3, -0.25) is 0 Å². The number of amides is 1. The summed E-state index contributed by atoms with van der Waals surface area (Å²) in [5, 5.41) is 0. The molecule has 0 fully saturated rings. The molecule has 0 aliphatic carbocycles. The molecule has 1 rings (SSSR count). The Kier molecular flexibility index (Phi) is 12.5. The molecule has 0 saturated heterocycles. The Morgan fingerprint density at radius 3 is 1.94 bits per heavy atom. The number of hydrogen-bond acceptors (Lipinski definition) is 1. The minimum Gasteiger partial charge on any atom is -0.412 e. The van der Waals surface area contributed by atoms with Gasteiger partial charge >= 0.3 is 102 Å². The van der Waals surface area contributed by atoms with Crippen molar-refractivity contribution in [1.29, 1.82) is 0 Å². The van der Waals surface area contributed by atoms with Crippen LogP contribution in [0.3, 0.4) is 0 Å². The molecule has 0 heterocycles. The van der Waals surface area contributed by atoms with Gasteiger partial charge in [0.1, 0.15) is 0 Å². The van der Waals surface area contributed by atoms with Crippen molar-refractivity contribution in [3.63, 3.8) is 0 Å². The summed E-state index contributed by atoms with van der Waals surface area (Å²) >= 11 is 12.9. The SMILES string of the molecule is CN(C(=O)C(Cl)Cl)c1cc[c]([Ge])cc1.O.O.O. The quantitative estimate of drug-likeness (QED) is 0.485. The largest absolute Gasteiger partial charge is 0.412 e. The maximum Gasteiger partial charge on any atom is -0.412 e. The van der Waals surface area contributed by atoms with E-state index in [9.17, 15) is 4.79 Å². The molecule has 0 atom stereocenters. The molecule has 1 aromatic rings. The number of anilines is 1. The van der Waals surface area contributed by atoms with Crippen molar-refractivity contribution in [1.82, 2.24) is 0 Å². The molecule has 8 heteroatoms. The molecule has 1 amide bonds. The smallest absolute Gasteiger partial charge is 0.412 e. The summed E-state index contributed by atoms with van der Waals surface area (Å²) in [6, 6.07) is 7.56. The van der Waals surface area contributed by atoms with Gasteiger partial charge in [0, 0.05) is 0 Å². The number of nitrogens with zero attached hydrogens (tertiary/aromatic N) is 1. The number of rotatable bonds is 2. The fraction of sp³-hybridized carbons (Fsp3) is 0.222. The van der Waals surface area contributed by atoms with Gasteiger partial charge in [-0.2, -0.15) is 0 Å². The summed E-state index contributed by atoms with van der Waals surface area (Å²) in [6.07, 6.45) is 0. The summed E-state index contributed by atoms with van der Waals surface area (Å²) < 4.78 is 1.14. The van der Waals surface area contributed by atoms with E-state index >= 15 is 0 Å². The van der Waals surface area contributed by atoms with E-state index in [0.29, 0.717) is 0 Å². The average Bonchev–Trinajstić information content (AvgIpc) is 2.16. The van der Waals surface area contributed by atoms with Crippen molar-refractivity contribution >= 4 is 55.7 Å². The predicted molar refractivity (Wildman–Crippen MR) is 71.6 cm³/mol. The molecule has 0 aliphatic rings. The molecule has 0 spiro atoms. The third-order valence-electron chi connectivity index (χ3n) is 1.77. The molecular weight excluding hydrogens is 330 g/mol. The zero-order valence-electron chi connectivity index (χ0n) is 9.00. The topological polar surface area (TPSA) is 115 Å². The third kappa shape index (κ3) is 6.25. The standard InChI is InChI=1S/C9H8Cl2GeNO.3H2O/c1-13(9(14)8(10)11)7-4-2-6(12)3-5-7;;;/h2-5,8H,1H3;3*1H2. The molecule has 3 radical (unpaired) electrons. The second-order valence-corrected chi connectivity index (χ2v) is 5.05. The van der Waals surface area contributed by atoms with Gasteiger partial charge < -0.3 is 16.4 Å². The molecule has 0 aromatic heterocycles. The minimum atomic E-state index is -1.01. The molecule has 0 bridgehead atoms. The van der Waals surface area contributed by atoms with Crippen molar-refractivity contribution < 1.29 is 21.2 Å². The van der Waals surface area contributed by atoms with E-state index in [0.717, 1.165) is 10.1 Å². The minimum absolute atomic E-state index is 0. The van der Waals surface area contributed by atoms with Crippen LogP contribution in [0.2, 0.25) is 0 Å². The van der Waals surface area contributed by atoms with Crippen LogP contribution in [0.4, 0.5) is 5.69 Å². The number of hydrogen-bond donors (Lipinski definition) is 0. The van der Waals surface area contributed by atoms with Crippen molar-refractivity contribution in [2.75, 3.05) is 11.9 Å². The van der Waals surface area contributed by atoms with Crippen LogP contribution in [0.15, 0.2) is 24.3 Å². The van der Waals surface area contributed by atoms with Crippen molar-refractivity contribution in [3.05, 3.63) is 24.3 Å². The van der Waals surface area contributed by atoms with Crippen LogP contribution in [0.1, 0.15) is 0 Å². The van der Waals surface area contributed by atoms with E-state index < -0.39 is 4.84 Å². The molecule has 6 N–H and O–H groups in total. The van der Waals surface area contributed by atoms with Gasteiger partial charge in [-0.1, -0.05) is 0 Å². The van der Waals surface area contributed by atoms with E-state index in [4.69, 9.17) is 23.2 Å². The van der Waals surface area contributed by atoms with E-state index in [1.165, 1.54) is 4.90 Å². The molecule has 1 aromatic carbocycles.